The largest absolute Gasteiger partial charge is 0.497 e. The number of nitrogens with one attached hydrogen (secondary N) is 2. The minimum Gasteiger partial charge on any atom is -0.497 e. The van der Waals surface area contributed by atoms with Gasteiger partial charge in [0.25, 0.3) is 5.91 Å². The molecule has 0 saturated heterocycles. The van der Waals surface area contributed by atoms with Gasteiger partial charge in [-0.3, -0.25) is 9.59 Å². The Morgan fingerprint density at radius 2 is 1.71 bits per heavy atom. The highest BCUT2D eigenvalue weighted by Gasteiger charge is 2.69. The number of rotatable bonds is 6. The fourth-order valence-electron chi connectivity index (χ4n) is 5.80. The van der Waals surface area contributed by atoms with Crippen molar-refractivity contribution in [1.29, 1.82) is 0 Å². The minimum atomic E-state index is 0.00244. The standard InChI is InChI=1S/C24H25N3O2.C8H10O/c1-13(2)24-12-18(24)11-21(24)27-23(29)16-6-4-15(5-7-16)22-25-19-9-8-17(14(3)28)10-20(19)26-22;1-7-3-5-8(9-2)6-4-7/h4-10,13,18,21H,11-12H2,1-3H3,(H,25,26)(H,27,29);3-6H,1-2H3. The molecule has 2 N–H and O–H groups in total. The SMILES string of the molecule is CC(=O)c1ccc2nc(-c3ccc(C(=O)NC4CC5CC54C(C)C)cc3)[nH]c2c1.COc1ccc(C)cc1. The molecule has 2 aliphatic rings. The lowest BCUT2D eigenvalue weighted by Gasteiger charge is -2.40. The monoisotopic (exact) mass is 509 g/mol. The molecule has 1 amide bonds. The van der Waals surface area contributed by atoms with Crippen molar-refractivity contribution in [2.24, 2.45) is 17.3 Å². The van der Waals surface area contributed by atoms with E-state index >= 15 is 0 Å². The molecule has 3 aromatic carbocycles. The Balaban J connectivity index is 0.000000278. The smallest absolute Gasteiger partial charge is 0.251 e. The number of ketones is 1. The predicted octanol–water partition coefficient (Wildman–Crippen LogP) is 6.60. The number of benzene rings is 3. The summed E-state index contributed by atoms with van der Waals surface area (Å²) in [6.07, 6.45) is 2.37. The first-order valence-corrected chi connectivity index (χ1v) is 13.2. The van der Waals surface area contributed by atoms with Gasteiger partial charge in [-0.15, -0.1) is 0 Å². The summed E-state index contributed by atoms with van der Waals surface area (Å²) >= 11 is 0. The van der Waals surface area contributed by atoms with Crippen molar-refractivity contribution >= 4 is 22.7 Å². The summed E-state index contributed by atoms with van der Waals surface area (Å²) in [5, 5.41) is 3.25. The van der Waals surface area contributed by atoms with Crippen LogP contribution in [0.4, 0.5) is 0 Å². The molecule has 0 aliphatic heterocycles. The Morgan fingerprint density at radius 3 is 2.29 bits per heavy atom. The molecule has 6 rings (SSSR count). The highest BCUT2D eigenvalue weighted by molar-refractivity contribution is 5.98. The Kier molecular flexibility index (Phi) is 6.82. The molecule has 3 atom stereocenters. The van der Waals surface area contributed by atoms with Gasteiger partial charge in [0.2, 0.25) is 0 Å². The molecular weight excluding hydrogens is 474 g/mol. The molecule has 0 radical (unpaired) electrons. The van der Waals surface area contributed by atoms with E-state index in [9.17, 15) is 9.59 Å². The van der Waals surface area contributed by atoms with E-state index in [-0.39, 0.29) is 11.7 Å². The maximum atomic E-state index is 12.7. The maximum absolute atomic E-state index is 12.7. The van der Waals surface area contributed by atoms with Crippen LogP contribution in [0, 0.1) is 24.2 Å². The number of aromatic amines is 1. The van der Waals surface area contributed by atoms with Crippen LogP contribution >= 0.6 is 0 Å². The third kappa shape index (κ3) is 4.83. The molecule has 2 aliphatic carbocycles. The van der Waals surface area contributed by atoms with Gasteiger partial charge in [0.1, 0.15) is 11.6 Å². The number of aryl methyl sites for hydroxylation is 1. The second kappa shape index (κ2) is 10.1. The Morgan fingerprint density at radius 1 is 1.03 bits per heavy atom. The van der Waals surface area contributed by atoms with Crippen molar-refractivity contribution in [3.63, 3.8) is 0 Å². The Labute approximate surface area is 223 Å². The number of methoxy groups -OCH3 is 1. The van der Waals surface area contributed by atoms with Crippen LogP contribution in [0.3, 0.4) is 0 Å². The van der Waals surface area contributed by atoms with Gasteiger partial charge in [-0.05, 0) is 86.4 Å². The minimum absolute atomic E-state index is 0.00244. The van der Waals surface area contributed by atoms with E-state index in [1.165, 1.54) is 12.0 Å². The molecule has 38 heavy (non-hydrogen) atoms. The second-order valence-corrected chi connectivity index (χ2v) is 10.9. The summed E-state index contributed by atoms with van der Waals surface area (Å²) in [7, 11) is 1.67. The van der Waals surface area contributed by atoms with E-state index < -0.39 is 0 Å². The van der Waals surface area contributed by atoms with Crippen LogP contribution in [-0.4, -0.2) is 34.8 Å². The van der Waals surface area contributed by atoms with Gasteiger partial charge in [-0.2, -0.15) is 0 Å². The quantitative estimate of drug-likeness (QED) is 0.287. The maximum Gasteiger partial charge on any atom is 0.251 e. The van der Waals surface area contributed by atoms with Crippen molar-refractivity contribution in [2.75, 3.05) is 7.11 Å². The van der Waals surface area contributed by atoms with Crippen LogP contribution in [0.5, 0.6) is 5.75 Å². The predicted molar refractivity (Wildman–Crippen MR) is 151 cm³/mol. The Bertz CT molecular complexity index is 1470. The number of carbonyl (C=O) groups excluding carboxylic acids is 2. The summed E-state index contributed by atoms with van der Waals surface area (Å²) in [5.41, 5.74) is 5.50. The summed E-state index contributed by atoms with van der Waals surface area (Å²) in [6.45, 7) is 8.14. The summed E-state index contributed by atoms with van der Waals surface area (Å²) in [6, 6.07) is 21.3. The van der Waals surface area contributed by atoms with Crippen molar-refractivity contribution in [2.45, 2.75) is 46.6 Å². The molecule has 4 aromatic rings. The van der Waals surface area contributed by atoms with E-state index in [2.05, 4.69) is 36.1 Å². The summed E-state index contributed by atoms with van der Waals surface area (Å²) in [4.78, 5) is 32.2. The number of hydrogen-bond donors (Lipinski definition) is 2. The topological polar surface area (TPSA) is 84.1 Å². The summed E-state index contributed by atoms with van der Waals surface area (Å²) in [5.74, 6) is 3.11. The van der Waals surface area contributed by atoms with Crippen LogP contribution in [0.25, 0.3) is 22.4 Å². The number of aromatic nitrogens is 2. The number of carbonyl (C=O) groups is 2. The van der Waals surface area contributed by atoms with E-state index in [0.29, 0.717) is 28.5 Å². The molecule has 6 nitrogen and oxygen atoms in total. The highest BCUT2D eigenvalue weighted by Crippen LogP contribution is 2.71. The fraction of sp³-hybridized carbons (Fsp3) is 0.344. The first-order valence-electron chi connectivity index (χ1n) is 13.2. The van der Waals surface area contributed by atoms with Gasteiger partial charge in [-0.25, -0.2) is 4.98 Å². The lowest BCUT2D eigenvalue weighted by atomic mass is 9.71. The molecule has 2 fully saturated rings. The molecule has 1 heterocycles. The van der Waals surface area contributed by atoms with E-state index in [1.807, 2.05) is 60.7 Å². The number of Topliss-reactive ketones (excluding diaryl/α,β-unsaturated/α-hetero) is 1. The fourth-order valence-corrected chi connectivity index (χ4v) is 5.80. The Hall–Kier alpha value is -3.93. The molecule has 1 aromatic heterocycles. The molecule has 0 spiro atoms. The number of amides is 1. The van der Waals surface area contributed by atoms with E-state index in [4.69, 9.17) is 4.74 Å². The van der Waals surface area contributed by atoms with Gasteiger partial charge in [0, 0.05) is 22.7 Å². The van der Waals surface area contributed by atoms with Crippen molar-refractivity contribution in [3.8, 4) is 17.1 Å². The van der Waals surface area contributed by atoms with Gasteiger partial charge in [0.15, 0.2) is 5.78 Å². The van der Waals surface area contributed by atoms with Gasteiger partial charge >= 0.3 is 0 Å². The van der Waals surface area contributed by atoms with E-state index in [1.54, 1.807) is 20.1 Å². The average molecular weight is 510 g/mol. The van der Waals surface area contributed by atoms with Crippen molar-refractivity contribution in [3.05, 3.63) is 83.4 Å². The zero-order chi connectivity index (χ0) is 27.0. The van der Waals surface area contributed by atoms with Crippen LogP contribution in [-0.2, 0) is 0 Å². The second-order valence-electron chi connectivity index (χ2n) is 10.9. The number of nitrogens with zero attached hydrogens (tertiary/aromatic N) is 1. The number of imidazole rings is 1. The van der Waals surface area contributed by atoms with Gasteiger partial charge in [-0.1, -0.05) is 43.7 Å². The molecule has 0 bridgehead atoms. The van der Waals surface area contributed by atoms with Crippen LogP contribution in [0.15, 0.2) is 66.7 Å². The molecule has 6 heteroatoms. The van der Waals surface area contributed by atoms with Crippen LogP contribution in [0.1, 0.15) is 59.9 Å². The number of ether oxygens (including phenoxy) is 1. The third-order valence-electron chi connectivity index (χ3n) is 8.31. The first-order chi connectivity index (χ1) is 18.2. The zero-order valence-electron chi connectivity index (χ0n) is 22.7. The third-order valence-corrected chi connectivity index (χ3v) is 8.31. The first kappa shape index (κ1) is 25.7. The number of hydrogen-bond acceptors (Lipinski definition) is 4. The molecule has 3 unspecified atom stereocenters. The molecule has 2 saturated carbocycles. The summed E-state index contributed by atoms with van der Waals surface area (Å²) < 4.78 is 4.97. The lowest BCUT2D eigenvalue weighted by molar-refractivity contribution is 0.0801. The zero-order valence-corrected chi connectivity index (χ0v) is 22.7. The van der Waals surface area contributed by atoms with Crippen molar-refractivity contribution in [1.82, 2.24) is 15.3 Å². The van der Waals surface area contributed by atoms with Gasteiger partial charge < -0.3 is 15.0 Å². The number of H-pyrrole nitrogens is 1. The number of fused-ring (bicyclic) bond motifs is 2. The molecular formula is C32H35N3O3. The molecule has 196 valence electrons. The highest BCUT2D eigenvalue weighted by atomic mass is 16.5. The van der Waals surface area contributed by atoms with Gasteiger partial charge in [0.05, 0.1) is 18.1 Å². The van der Waals surface area contributed by atoms with Crippen LogP contribution < -0.4 is 10.1 Å². The van der Waals surface area contributed by atoms with Crippen molar-refractivity contribution < 1.29 is 14.3 Å². The average Bonchev–Trinajstić information content (AvgIpc) is 3.30. The normalized spacial score (nSPS) is 21.1. The van der Waals surface area contributed by atoms with E-state index in [0.717, 1.165) is 40.5 Å². The lowest BCUT2D eigenvalue weighted by Crippen LogP contribution is -2.50. The van der Waals surface area contributed by atoms with Crippen LogP contribution in [0.2, 0.25) is 0 Å².